The van der Waals surface area contributed by atoms with Crippen molar-refractivity contribution in [1.29, 1.82) is 0 Å². The molecule has 4 N–H and O–H groups in total. The van der Waals surface area contributed by atoms with E-state index in [1.54, 1.807) is 37.7 Å². The number of amides is 1. The number of methoxy groups -OCH3 is 1. The predicted octanol–water partition coefficient (Wildman–Crippen LogP) is 1.31. The van der Waals surface area contributed by atoms with Crippen LogP contribution in [0.25, 0.3) is 22.0 Å². The summed E-state index contributed by atoms with van der Waals surface area (Å²) in [5, 5.41) is 3.33. The monoisotopic (exact) mass is 366 g/mol. The maximum absolute atomic E-state index is 12.6. The second kappa shape index (κ2) is 6.73. The number of carbonyl (C=O) groups excluding carboxylic acids is 1. The molecule has 0 aliphatic carbocycles. The number of benzene rings is 1. The molecule has 1 aliphatic heterocycles. The lowest BCUT2D eigenvalue weighted by molar-refractivity contribution is -0.00347. The summed E-state index contributed by atoms with van der Waals surface area (Å²) in [6, 6.07) is 7.04. The summed E-state index contributed by atoms with van der Waals surface area (Å²) >= 11 is 0. The summed E-state index contributed by atoms with van der Waals surface area (Å²) in [6.45, 7) is 0.865. The summed E-state index contributed by atoms with van der Waals surface area (Å²) in [4.78, 5) is 32.1. The number of pyridine rings is 2. The highest BCUT2D eigenvalue weighted by atomic mass is 16.5. The molecule has 0 atom stereocenters. The number of anilines is 1. The quantitative estimate of drug-likeness (QED) is 0.640. The highest BCUT2D eigenvalue weighted by Crippen LogP contribution is 2.34. The molecule has 0 unspecified atom stereocenters. The van der Waals surface area contributed by atoms with E-state index in [-0.39, 0.29) is 17.3 Å². The van der Waals surface area contributed by atoms with Crippen LogP contribution in [0.5, 0.6) is 5.75 Å². The number of fused-ring (bicyclic) bond motifs is 1. The standard InChI is InChI=1S/C19H18N4O4/c1-26-14-5-6-21-7-13(14)11-3-2-4-12-16(20)15(19(25)23-17(11)12)18(24)22-10-8-27-9-10/h2-7,10H,8-9H2,1H3,(H,22,24)(H3,20,23,25). The second-order valence-electron chi connectivity index (χ2n) is 6.25. The average molecular weight is 366 g/mol. The lowest BCUT2D eigenvalue weighted by Crippen LogP contribution is -2.49. The molecular weight excluding hydrogens is 348 g/mol. The highest BCUT2D eigenvalue weighted by Gasteiger charge is 2.25. The zero-order valence-electron chi connectivity index (χ0n) is 14.6. The van der Waals surface area contributed by atoms with E-state index < -0.39 is 11.5 Å². The van der Waals surface area contributed by atoms with Gasteiger partial charge >= 0.3 is 0 Å². The van der Waals surface area contributed by atoms with Crippen molar-refractivity contribution in [3.63, 3.8) is 0 Å². The molecule has 0 bridgehead atoms. The molecule has 0 radical (unpaired) electrons. The molecule has 4 rings (SSSR count). The molecule has 2 aromatic heterocycles. The van der Waals surface area contributed by atoms with Crippen LogP contribution in [-0.2, 0) is 4.74 Å². The van der Waals surface area contributed by atoms with Crippen LogP contribution >= 0.6 is 0 Å². The van der Waals surface area contributed by atoms with Gasteiger partial charge in [-0.2, -0.15) is 0 Å². The SMILES string of the molecule is COc1ccncc1-c1cccc2c(N)c(C(=O)NC3COC3)c(=O)[nH]c12. The Hall–Kier alpha value is -3.39. The van der Waals surface area contributed by atoms with Crippen molar-refractivity contribution in [2.45, 2.75) is 6.04 Å². The third kappa shape index (κ3) is 2.89. The number of nitrogen functional groups attached to an aromatic ring is 1. The maximum Gasteiger partial charge on any atom is 0.263 e. The number of carbonyl (C=O) groups is 1. The molecule has 138 valence electrons. The fourth-order valence-electron chi connectivity index (χ4n) is 3.13. The van der Waals surface area contributed by atoms with E-state index in [1.165, 1.54) is 0 Å². The number of hydrogen-bond donors (Lipinski definition) is 3. The van der Waals surface area contributed by atoms with E-state index in [4.69, 9.17) is 15.2 Å². The number of nitrogens with one attached hydrogen (secondary N) is 2. The third-order valence-corrected chi connectivity index (χ3v) is 4.58. The Morgan fingerprint density at radius 2 is 2.15 bits per heavy atom. The number of aromatic amines is 1. The Labute approximate surface area is 154 Å². The van der Waals surface area contributed by atoms with Gasteiger partial charge in [-0.3, -0.25) is 14.6 Å². The van der Waals surface area contributed by atoms with Gasteiger partial charge in [0.1, 0.15) is 11.3 Å². The Morgan fingerprint density at radius 1 is 1.33 bits per heavy atom. The van der Waals surface area contributed by atoms with Gasteiger partial charge in [0.05, 0.1) is 37.6 Å². The van der Waals surface area contributed by atoms with Gasteiger partial charge in [0.2, 0.25) is 0 Å². The molecule has 0 saturated carbocycles. The first kappa shape index (κ1) is 17.0. The van der Waals surface area contributed by atoms with Crippen LogP contribution < -0.4 is 21.3 Å². The van der Waals surface area contributed by atoms with Gasteiger partial charge < -0.3 is 25.5 Å². The fourth-order valence-corrected chi connectivity index (χ4v) is 3.13. The van der Waals surface area contributed by atoms with E-state index in [9.17, 15) is 9.59 Å². The molecule has 1 aromatic carbocycles. The maximum atomic E-state index is 12.6. The predicted molar refractivity (Wildman–Crippen MR) is 101 cm³/mol. The number of hydrogen-bond acceptors (Lipinski definition) is 6. The van der Waals surface area contributed by atoms with Crippen molar-refractivity contribution in [2.75, 3.05) is 26.1 Å². The first-order chi connectivity index (χ1) is 13.1. The minimum atomic E-state index is -0.548. The van der Waals surface area contributed by atoms with Crippen molar-refractivity contribution >= 4 is 22.5 Å². The van der Waals surface area contributed by atoms with Crippen LogP contribution in [0.3, 0.4) is 0 Å². The largest absolute Gasteiger partial charge is 0.496 e. The van der Waals surface area contributed by atoms with Crippen LogP contribution in [0.1, 0.15) is 10.4 Å². The Morgan fingerprint density at radius 3 is 2.85 bits per heavy atom. The van der Waals surface area contributed by atoms with Gasteiger partial charge in [-0.1, -0.05) is 18.2 Å². The number of H-pyrrole nitrogens is 1. The number of rotatable bonds is 4. The number of nitrogens with two attached hydrogens (primary N) is 1. The van der Waals surface area contributed by atoms with Gasteiger partial charge in [0.25, 0.3) is 11.5 Å². The second-order valence-corrected chi connectivity index (χ2v) is 6.25. The summed E-state index contributed by atoms with van der Waals surface area (Å²) in [5.74, 6) is 0.108. The fraction of sp³-hybridized carbons (Fsp3) is 0.211. The molecule has 1 aliphatic rings. The van der Waals surface area contributed by atoms with E-state index in [0.717, 1.165) is 0 Å². The van der Waals surface area contributed by atoms with Crippen molar-refractivity contribution in [3.05, 3.63) is 52.6 Å². The number of nitrogens with zero attached hydrogens (tertiary/aromatic N) is 1. The van der Waals surface area contributed by atoms with E-state index >= 15 is 0 Å². The molecule has 3 aromatic rings. The Balaban J connectivity index is 1.88. The lowest BCUT2D eigenvalue weighted by atomic mass is 10.00. The van der Waals surface area contributed by atoms with Gasteiger partial charge in [-0.05, 0) is 6.07 Å². The summed E-state index contributed by atoms with van der Waals surface area (Å²) in [6.07, 6.45) is 3.27. The minimum absolute atomic E-state index is 0.0929. The zero-order valence-corrected chi connectivity index (χ0v) is 14.6. The normalized spacial score (nSPS) is 14.0. The molecule has 1 saturated heterocycles. The molecular formula is C19H18N4O4. The van der Waals surface area contributed by atoms with E-state index in [0.29, 0.717) is 41.0 Å². The van der Waals surface area contributed by atoms with Crippen molar-refractivity contribution in [3.8, 4) is 16.9 Å². The van der Waals surface area contributed by atoms with Crippen LogP contribution in [0.4, 0.5) is 5.69 Å². The third-order valence-electron chi connectivity index (χ3n) is 4.58. The van der Waals surface area contributed by atoms with Crippen LogP contribution in [0.15, 0.2) is 41.5 Å². The topological polar surface area (TPSA) is 119 Å². The number of para-hydroxylation sites is 1. The molecule has 3 heterocycles. The number of ether oxygens (including phenoxy) is 2. The molecule has 0 spiro atoms. The lowest BCUT2D eigenvalue weighted by Gasteiger charge is -2.26. The van der Waals surface area contributed by atoms with Gasteiger partial charge in [0, 0.05) is 28.9 Å². The smallest absolute Gasteiger partial charge is 0.263 e. The molecule has 1 fully saturated rings. The van der Waals surface area contributed by atoms with Crippen molar-refractivity contribution < 1.29 is 14.3 Å². The molecule has 8 nitrogen and oxygen atoms in total. The first-order valence-corrected chi connectivity index (χ1v) is 8.41. The van der Waals surface area contributed by atoms with E-state index in [1.807, 2.05) is 6.07 Å². The van der Waals surface area contributed by atoms with Gasteiger partial charge in [-0.25, -0.2) is 0 Å². The average Bonchev–Trinajstić information content (AvgIpc) is 2.64. The zero-order chi connectivity index (χ0) is 19.0. The van der Waals surface area contributed by atoms with Crippen LogP contribution in [0.2, 0.25) is 0 Å². The first-order valence-electron chi connectivity index (χ1n) is 8.41. The highest BCUT2D eigenvalue weighted by molar-refractivity contribution is 6.09. The van der Waals surface area contributed by atoms with Gasteiger partial charge in [-0.15, -0.1) is 0 Å². The number of aromatic nitrogens is 2. The molecule has 8 heteroatoms. The molecule has 1 amide bonds. The van der Waals surface area contributed by atoms with Crippen molar-refractivity contribution in [1.82, 2.24) is 15.3 Å². The molecule has 27 heavy (non-hydrogen) atoms. The van der Waals surface area contributed by atoms with Gasteiger partial charge in [0.15, 0.2) is 0 Å². The van der Waals surface area contributed by atoms with Crippen LogP contribution in [0, 0.1) is 0 Å². The minimum Gasteiger partial charge on any atom is -0.496 e. The summed E-state index contributed by atoms with van der Waals surface area (Å²) in [5.41, 5.74) is 7.65. The van der Waals surface area contributed by atoms with Crippen LogP contribution in [-0.4, -0.2) is 42.2 Å². The van der Waals surface area contributed by atoms with Crippen molar-refractivity contribution in [2.24, 2.45) is 0 Å². The van der Waals surface area contributed by atoms with E-state index in [2.05, 4.69) is 15.3 Å². The summed E-state index contributed by atoms with van der Waals surface area (Å²) < 4.78 is 10.4. The Kier molecular flexibility index (Phi) is 4.25. The Bertz CT molecular complexity index is 1090. The summed E-state index contributed by atoms with van der Waals surface area (Å²) in [7, 11) is 1.56.